The van der Waals surface area contributed by atoms with Crippen LogP contribution in [-0.4, -0.2) is 27.5 Å². The lowest BCUT2D eigenvalue weighted by atomic mass is 10.2. The van der Waals surface area contributed by atoms with Gasteiger partial charge >= 0.3 is 0 Å². The molecule has 106 valence electrons. The quantitative estimate of drug-likeness (QED) is 0.722. The van der Waals surface area contributed by atoms with Gasteiger partial charge in [0.2, 0.25) is 5.78 Å². The fraction of sp³-hybridized carbons (Fsp3) is 0.412. The number of nitrogens with zero attached hydrogens (tertiary/aromatic N) is 4. The number of fused-ring (bicyclic) bond motifs is 4. The Balaban J connectivity index is 1.53. The topological polar surface area (TPSA) is 33.4 Å². The third-order valence-corrected chi connectivity index (χ3v) is 5.33. The van der Waals surface area contributed by atoms with Crippen LogP contribution in [0, 0.1) is 17.8 Å². The number of piperidine rings is 1. The fourth-order valence-electron chi connectivity index (χ4n) is 4.16. The normalized spacial score (nSPS) is 27.5. The van der Waals surface area contributed by atoms with Crippen LogP contribution in [0.3, 0.4) is 0 Å². The predicted molar refractivity (Wildman–Crippen MR) is 83.5 cm³/mol. The summed E-state index contributed by atoms with van der Waals surface area (Å²) in [7, 11) is 0. The minimum atomic E-state index is 0.807. The van der Waals surface area contributed by atoms with Crippen LogP contribution in [0.4, 0.5) is 5.82 Å². The molecule has 0 bridgehead atoms. The zero-order valence-corrected chi connectivity index (χ0v) is 12.1. The van der Waals surface area contributed by atoms with Crippen molar-refractivity contribution in [3.05, 3.63) is 36.5 Å². The van der Waals surface area contributed by atoms with E-state index in [1.165, 1.54) is 19.5 Å². The van der Waals surface area contributed by atoms with Gasteiger partial charge in [0.15, 0.2) is 0 Å². The number of hydrogen-bond acceptors (Lipinski definition) is 3. The van der Waals surface area contributed by atoms with Gasteiger partial charge in [0.25, 0.3) is 0 Å². The molecule has 0 spiro atoms. The molecule has 3 atom stereocenters. The third-order valence-electron chi connectivity index (χ3n) is 5.33. The van der Waals surface area contributed by atoms with E-state index in [9.17, 15) is 0 Å². The summed E-state index contributed by atoms with van der Waals surface area (Å²) in [6.07, 6.45) is 3.44. The molecule has 0 amide bonds. The summed E-state index contributed by atoms with van der Waals surface area (Å²) < 4.78 is 2.07. The molecular formula is C17H18N4. The lowest BCUT2D eigenvalue weighted by Crippen LogP contribution is -2.25. The number of anilines is 1. The summed E-state index contributed by atoms with van der Waals surface area (Å²) in [6.45, 7) is 4.66. The van der Waals surface area contributed by atoms with E-state index < -0.39 is 0 Å². The van der Waals surface area contributed by atoms with Crippen molar-refractivity contribution < 1.29 is 0 Å². The molecule has 3 heterocycles. The van der Waals surface area contributed by atoms with Gasteiger partial charge in [0.1, 0.15) is 5.82 Å². The van der Waals surface area contributed by atoms with E-state index in [2.05, 4.69) is 39.5 Å². The lowest BCUT2D eigenvalue weighted by Gasteiger charge is -2.20. The Labute approximate surface area is 123 Å². The molecular weight excluding hydrogens is 260 g/mol. The smallest absolute Gasteiger partial charge is 0.236 e. The molecule has 2 fully saturated rings. The monoisotopic (exact) mass is 278 g/mol. The van der Waals surface area contributed by atoms with Crippen molar-refractivity contribution in [3.8, 4) is 0 Å². The minimum absolute atomic E-state index is 0.807. The van der Waals surface area contributed by atoms with Crippen molar-refractivity contribution in [2.75, 3.05) is 18.0 Å². The van der Waals surface area contributed by atoms with E-state index in [1.54, 1.807) is 0 Å². The largest absolute Gasteiger partial charge is 0.356 e. The first kappa shape index (κ1) is 11.5. The Hall–Kier alpha value is -2.10. The van der Waals surface area contributed by atoms with Gasteiger partial charge in [-0.2, -0.15) is 4.98 Å². The van der Waals surface area contributed by atoms with Gasteiger partial charge in [0, 0.05) is 19.3 Å². The van der Waals surface area contributed by atoms with Gasteiger partial charge in [0.05, 0.1) is 11.0 Å². The second-order valence-corrected chi connectivity index (χ2v) is 6.36. The average molecular weight is 278 g/mol. The van der Waals surface area contributed by atoms with Crippen LogP contribution in [0.15, 0.2) is 36.5 Å². The molecule has 2 aromatic heterocycles. The minimum Gasteiger partial charge on any atom is -0.356 e. The second kappa shape index (κ2) is 3.97. The van der Waals surface area contributed by atoms with E-state index in [-0.39, 0.29) is 0 Å². The van der Waals surface area contributed by atoms with Crippen LogP contribution in [-0.2, 0) is 0 Å². The van der Waals surface area contributed by atoms with Crippen LogP contribution in [0.5, 0.6) is 0 Å². The molecule has 21 heavy (non-hydrogen) atoms. The highest BCUT2D eigenvalue weighted by molar-refractivity contribution is 5.79. The molecule has 5 rings (SSSR count). The predicted octanol–water partition coefficient (Wildman–Crippen LogP) is 2.97. The molecule has 4 heteroatoms. The van der Waals surface area contributed by atoms with Gasteiger partial charge in [-0.15, -0.1) is 0 Å². The number of aromatic nitrogens is 3. The molecule has 0 N–H and O–H groups in total. The fourth-order valence-corrected chi connectivity index (χ4v) is 4.16. The summed E-state index contributed by atoms with van der Waals surface area (Å²) in [4.78, 5) is 11.8. The Kier molecular flexibility index (Phi) is 2.18. The maximum atomic E-state index is 4.78. The Morgan fingerprint density at radius 3 is 2.71 bits per heavy atom. The van der Waals surface area contributed by atoms with Crippen molar-refractivity contribution in [3.63, 3.8) is 0 Å². The molecule has 1 saturated carbocycles. The molecule has 1 unspecified atom stereocenters. The average Bonchev–Trinajstić information content (AvgIpc) is 2.88. The molecule has 4 nitrogen and oxygen atoms in total. The first-order valence-corrected chi connectivity index (χ1v) is 7.84. The summed E-state index contributed by atoms with van der Waals surface area (Å²) in [5.41, 5.74) is 2.14. The van der Waals surface area contributed by atoms with Crippen LogP contribution >= 0.6 is 0 Å². The van der Waals surface area contributed by atoms with Gasteiger partial charge in [-0.05, 0) is 36.0 Å². The molecule has 1 aliphatic heterocycles. The van der Waals surface area contributed by atoms with Crippen molar-refractivity contribution in [2.45, 2.75) is 13.3 Å². The zero-order valence-electron chi connectivity index (χ0n) is 12.1. The molecule has 1 aromatic carbocycles. The number of benzene rings is 1. The number of hydrogen-bond donors (Lipinski definition) is 0. The van der Waals surface area contributed by atoms with Crippen LogP contribution in [0.1, 0.15) is 13.3 Å². The van der Waals surface area contributed by atoms with Gasteiger partial charge in [-0.3, -0.25) is 4.40 Å². The molecule has 1 saturated heterocycles. The maximum absolute atomic E-state index is 4.78. The first-order chi connectivity index (χ1) is 10.3. The third kappa shape index (κ3) is 1.56. The summed E-state index contributed by atoms with van der Waals surface area (Å²) in [5, 5.41) is 0. The molecule has 2 aliphatic rings. The SMILES string of the molecule is CC[C@@H]1C2CN(c3ccn4c(n3)nc3ccccc34)C[C@H]21. The first-order valence-electron chi connectivity index (χ1n) is 7.84. The summed E-state index contributed by atoms with van der Waals surface area (Å²) >= 11 is 0. The van der Waals surface area contributed by atoms with Crippen molar-refractivity contribution in [2.24, 2.45) is 17.8 Å². The number of rotatable bonds is 2. The van der Waals surface area contributed by atoms with E-state index in [0.29, 0.717) is 0 Å². The lowest BCUT2D eigenvalue weighted by molar-refractivity contribution is 0.618. The van der Waals surface area contributed by atoms with Crippen LogP contribution < -0.4 is 4.90 Å². The Bertz CT molecular complexity index is 825. The van der Waals surface area contributed by atoms with Gasteiger partial charge in [-0.1, -0.05) is 25.5 Å². The van der Waals surface area contributed by atoms with Crippen molar-refractivity contribution in [1.82, 2.24) is 14.4 Å². The molecule has 3 aromatic rings. The Morgan fingerprint density at radius 2 is 1.90 bits per heavy atom. The summed E-state index contributed by atoms with van der Waals surface area (Å²) in [6, 6.07) is 10.3. The number of imidazole rings is 1. The van der Waals surface area contributed by atoms with Crippen molar-refractivity contribution >= 4 is 22.6 Å². The van der Waals surface area contributed by atoms with E-state index in [0.717, 1.165) is 40.4 Å². The van der Waals surface area contributed by atoms with E-state index in [1.807, 2.05) is 18.2 Å². The highest BCUT2D eigenvalue weighted by Gasteiger charge is 2.54. The van der Waals surface area contributed by atoms with Crippen LogP contribution in [0.25, 0.3) is 16.8 Å². The highest BCUT2D eigenvalue weighted by Crippen LogP contribution is 2.53. The second-order valence-electron chi connectivity index (χ2n) is 6.36. The van der Waals surface area contributed by atoms with Gasteiger partial charge in [-0.25, -0.2) is 4.98 Å². The molecule has 1 aliphatic carbocycles. The maximum Gasteiger partial charge on any atom is 0.236 e. The van der Waals surface area contributed by atoms with Crippen LogP contribution in [0.2, 0.25) is 0 Å². The van der Waals surface area contributed by atoms with Crippen molar-refractivity contribution in [1.29, 1.82) is 0 Å². The van der Waals surface area contributed by atoms with Gasteiger partial charge < -0.3 is 4.90 Å². The summed E-state index contributed by atoms with van der Waals surface area (Å²) in [5.74, 6) is 4.68. The highest BCUT2D eigenvalue weighted by atomic mass is 15.3. The van der Waals surface area contributed by atoms with E-state index >= 15 is 0 Å². The molecule has 0 radical (unpaired) electrons. The van der Waals surface area contributed by atoms with E-state index in [4.69, 9.17) is 4.98 Å². The Morgan fingerprint density at radius 1 is 1.10 bits per heavy atom. The number of para-hydroxylation sites is 2. The standard InChI is InChI=1S/C17H18N4/c1-2-11-12-9-20(10-13(11)12)16-7-8-21-15-6-4-3-5-14(15)18-17(21)19-16/h3-8,11-13H,2,9-10H2,1H3/t11-,12-,13?/m0/s1. The zero-order chi connectivity index (χ0) is 14.0.